The normalized spacial score (nSPS) is 13.4. The zero-order valence-corrected chi connectivity index (χ0v) is 54.7. The number of unbranched alkanes of at least 4 members (excludes halogenated alkanes) is 1. The summed E-state index contributed by atoms with van der Waals surface area (Å²) in [6.45, 7) is 50.8. The van der Waals surface area contributed by atoms with Gasteiger partial charge in [-0.2, -0.15) is 0 Å². The molecule has 0 aliphatic heterocycles. The van der Waals surface area contributed by atoms with Crippen LogP contribution in [0.15, 0.2) is 48.5 Å². The van der Waals surface area contributed by atoms with E-state index in [4.69, 9.17) is 9.47 Å². The molecule has 4 aromatic carbocycles. The Kier molecular flexibility index (Phi) is 21.3. The van der Waals surface area contributed by atoms with Crippen LogP contribution in [0.25, 0.3) is 0 Å². The summed E-state index contributed by atoms with van der Waals surface area (Å²) < 4.78 is 12.8. The van der Waals surface area contributed by atoms with Crippen LogP contribution < -0.4 is 0 Å². The number of hydrogen-bond donors (Lipinski definition) is 4. The van der Waals surface area contributed by atoms with Crippen LogP contribution >= 0.6 is 0 Å². The molecule has 4 N–H and O–H groups in total. The van der Waals surface area contributed by atoms with E-state index in [2.05, 4.69) is 215 Å². The molecule has 0 amide bonds. The van der Waals surface area contributed by atoms with Gasteiger partial charge in [-0.05, 0) is 174 Å². The van der Waals surface area contributed by atoms with Crippen molar-refractivity contribution < 1.29 is 39.5 Å². The first-order valence-electron chi connectivity index (χ1n) is 30.1. The molecule has 0 aliphatic carbocycles. The van der Waals surface area contributed by atoms with E-state index < -0.39 is 12.2 Å². The van der Waals surface area contributed by atoms with E-state index in [1.54, 1.807) is 0 Å². The average Bonchev–Trinajstić information content (AvgIpc) is 3.27. The molecule has 8 heteroatoms. The Morgan fingerprint density at radius 3 is 0.600 bits per heavy atom. The van der Waals surface area contributed by atoms with Crippen molar-refractivity contribution in [3.63, 3.8) is 0 Å². The van der Waals surface area contributed by atoms with Crippen LogP contribution in [0.5, 0.6) is 23.0 Å². The molecule has 0 spiro atoms. The summed E-state index contributed by atoms with van der Waals surface area (Å²) >= 11 is 0. The SMILES string of the molecule is CC(C)(C)c1cc(CCC(CCc2cc(C(C)(C)C)c(O)c(C(C)(C)C)c2)OC(=O)CCCCC(=O)OC(CCc2cc(C(C)(C)C)c(O)c(C(C)(C)C)c2)CCc2cc(C(C)(C)C)c(O)c(C(C)(C)C)c2)cc(C(C)(C)C)c1O. The molecule has 0 aromatic heterocycles. The standard InChI is InChI=1S/C72H110O8/c1-65(2,3)51-37-45(38-52(61(51)75)66(4,5)6)29-33-49(34-30-46-39-53(67(7,8)9)62(76)54(40-46)68(10,11)12)79-59(73)27-25-26-28-60(74)80-50(35-31-47-41-55(69(13,14)15)63(77)56(42-47)70(16,17)18)36-32-48-43-57(71(19,20)21)64(78)58(44-48)72(22,23)24/h37-44,49-50,75-78H,25-36H2,1-24H3. The molecule has 0 heterocycles. The fourth-order valence-corrected chi connectivity index (χ4v) is 10.8. The number of rotatable bonds is 19. The molecule has 8 nitrogen and oxygen atoms in total. The molecular weight excluding hydrogens is 993 g/mol. The molecule has 80 heavy (non-hydrogen) atoms. The van der Waals surface area contributed by atoms with Gasteiger partial charge in [0.1, 0.15) is 35.2 Å². The highest BCUT2D eigenvalue weighted by Crippen LogP contribution is 2.44. The van der Waals surface area contributed by atoms with E-state index in [-0.39, 0.29) is 68.1 Å². The maximum absolute atomic E-state index is 13.9. The second kappa shape index (κ2) is 25.3. The Morgan fingerprint density at radius 2 is 0.463 bits per heavy atom. The molecular formula is C72H110O8. The lowest BCUT2D eigenvalue weighted by Gasteiger charge is -2.29. The molecule has 0 bridgehead atoms. The first-order chi connectivity index (χ1) is 36.2. The Morgan fingerprint density at radius 1 is 0.312 bits per heavy atom. The Hall–Kier alpha value is -4.98. The molecule has 0 atom stereocenters. The number of esters is 2. The highest BCUT2D eigenvalue weighted by Gasteiger charge is 2.32. The van der Waals surface area contributed by atoms with Gasteiger partial charge in [-0.15, -0.1) is 0 Å². The van der Waals surface area contributed by atoms with Crippen molar-refractivity contribution in [2.75, 3.05) is 0 Å². The zero-order valence-electron chi connectivity index (χ0n) is 54.7. The predicted molar refractivity (Wildman–Crippen MR) is 334 cm³/mol. The van der Waals surface area contributed by atoms with Gasteiger partial charge >= 0.3 is 11.9 Å². The number of ether oxygens (including phenoxy) is 2. The van der Waals surface area contributed by atoms with Crippen molar-refractivity contribution in [3.05, 3.63) is 115 Å². The minimum Gasteiger partial charge on any atom is -0.507 e. The maximum Gasteiger partial charge on any atom is 0.306 e. The molecule has 4 aromatic rings. The van der Waals surface area contributed by atoms with Gasteiger partial charge in [-0.1, -0.05) is 215 Å². The summed E-state index contributed by atoms with van der Waals surface area (Å²) in [6, 6.07) is 16.9. The third kappa shape index (κ3) is 18.8. The third-order valence-corrected chi connectivity index (χ3v) is 15.8. The van der Waals surface area contributed by atoms with E-state index >= 15 is 0 Å². The van der Waals surface area contributed by atoms with Crippen LogP contribution in [-0.2, 0) is 88.1 Å². The molecule has 4 rings (SSSR count). The van der Waals surface area contributed by atoms with Crippen molar-refractivity contribution >= 4 is 11.9 Å². The summed E-state index contributed by atoms with van der Waals surface area (Å²) in [5.41, 5.74) is 9.28. The van der Waals surface area contributed by atoms with E-state index in [1.165, 1.54) is 0 Å². The Balaban J connectivity index is 1.58. The average molecular weight is 1100 g/mol. The van der Waals surface area contributed by atoms with Gasteiger partial charge in [-0.3, -0.25) is 9.59 Å². The molecule has 446 valence electrons. The second-order valence-corrected chi connectivity index (χ2v) is 31.7. The van der Waals surface area contributed by atoms with Crippen molar-refractivity contribution in [1.29, 1.82) is 0 Å². The van der Waals surface area contributed by atoms with Crippen LogP contribution in [-0.4, -0.2) is 44.6 Å². The number of carbonyl (C=O) groups is 2. The number of carbonyl (C=O) groups excluding carboxylic acids is 2. The fraction of sp³-hybridized carbons (Fsp3) is 0.639. The monoisotopic (exact) mass is 1100 g/mol. The van der Waals surface area contributed by atoms with Gasteiger partial charge in [0.25, 0.3) is 0 Å². The van der Waals surface area contributed by atoms with Gasteiger partial charge in [0.2, 0.25) is 0 Å². The predicted octanol–water partition coefficient (Wildman–Crippen LogP) is 18.1. The van der Waals surface area contributed by atoms with Gasteiger partial charge in [0, 0.05) is 12.8 Å². The Labute approximate surface area is 486 Å². The number of aromatic hydroxyl groups is 4. The number of aryl methyl sites for hydroxylation is 4. The van der Waals surface area contributed by atoms with Gasteiger partial charge in [0.15, 0.2) is 0 Å². The quantitative estimate of drug-likeness (QED) is 0.0539. The minimum absolute atomic E-state index is 0.163. The molecule has 0 radical (unpaired) electrons. The lowest BCUT2D eigenvalue weighted by Crippen LogP contribution is -2.22. The minimum atomic E-state index is -0.400. The fourth-order valence-electron chi connectivity index (χ4n) is 10.8. The van der Waals surface area contributed by atoms with Crippen molar-refractivity contribution in [2.45, 2.75) is 299 Å². The first kappa shape index (κ1) is 67.5. The summed E-state index contributed by atoms with van der Waals surface area (Å²) in [5.74, 6) is 0.750. The van der Waals surface area contributed by atoms with E-state index in [0.29, 0.717) is 87.2 Å². The summed E-state index contributed by atoms with van der Waals surface area (Å²) in [4.78, 5) is 27.8. The van der Waals surface area contributed by atoms with Gasteiger partial charge in [0.05, 0.1) is 0 Å². The smallest absolute Gasteiger partial charge is 0.306 e. The van der Waals surface area contributed by atoms with Crippen LogP contribution in [0.1, 0.15) is 284 Å². The summed E-state index contributed by atoms with van der Waals surface area (Å²) in [5, 5.41) is 46.0. The highest BCUT2D eigenvalue weighted by molar-refractivity contribution is 5.71. The second-order valence-electron chi connectivity index (χ2n) is 31.7. The van der Waals surface area contributed by atoms with Crippen LogP contribution in [0.3, 0.4) is 0 Å². The summed E-state index contributed by atoms with van der Waals surface area (Å²) in [7, 11) is 0. The Bertz CT molecular complexity index is 2270. The molecule has 0 saturated carbocycles. The largest absolute Gasteiger partial charge is 0.507 e. The number of phenolic OH excluding ortho intramolecular Hbond substituents is 4. The van der Waals surface area contributed by atoms with Gasteiger partial charge in [-0.25, -0.2) is 0 Å². The zero-order chi connectivity index (χ0) is 61.1. The van der Waals surface area contributed by atoms with Crippen LogP contribution in [0, 0.1) is 0 Å². The summed E-state index contributed by atoms with van der Waals surface area (Å²) in [6.07, 6.45) is 5.42. The van der Waals surface area contributed by atoms with Crippen LogP contribution in [0.4, 0.5) is 0 Å². The molecule has 0 saturated heterocycles. The number of hydrogen-bond acceptors (Lipinski definition) is 8. The van der Waals surface area contributed by atoms with Crippen molar-refractivity contribution in [3.8, 4) is 23.0 Å². The molecule has 0 fully saturated rings. The lowest BCUT2D eigenvalue weighted by atomic mass is 9.77. The molecule has 0 unspecified atom stereocenters. The molecule has 0 aliphatic rings. The van der Waals surface area contributed by atoms with Crippen LogP contribution in [0.2, 0.25) is 0 Å². The first-order valence-corrected chi connectivity index (χ1v) is 30.1. The van der Waals surface area contributed by atoms with E-state index in [0.717, 1.165) is 66.8 Å². The highest BCUT2D eigenvalue weighted by atomic mass is 16.5. The third-order valence-electron chi connectivity index (χ3n) is 15.8. The number of phenols is 4. The van der Waals surface area contributed by atoms with Gasteiger partial charge < -0.3 is 29.9 Å². The van der Waals surface area contributed by atoms with E-state index in [9.17, 15) is 30.0 Å². The number of benzene rings is 4. The lowest BCUT2D eigenvalue weighted by molar-refractivity contribution is -0.152. The topological polar surface area (TPSA) is 134 Å². The van der Waals surface area contributed by atoms with Crippen molar-refractivity contribution in [1.82, 2.24) is 0 Å². The van der Waals surface area contributed by atoms with Crippen molar-refractivity contribution in [2.24, 2.45) is 0 Å². The maximum atomic E-state index is 13.9. The van der Waals surface area contributed by atoms with E-state index in [1.807, 2.05) is 0 Å².